The zero-order valence-electron chi connectivity index (χ0n) is 16.9. The first kappa shape index (κ1) is 25.2. The Labute approximate surface area is 164 Å². The van der Waals surface area contributed by atoms with Gasteiger partial charge in [0.25, 0.3) is 5.91 Å². The van der Waals surface area contributed by atoms with Crippen molar-refractivity contribution in [2.45, 2.75) is 47.5 Å². The van der Waals surface area contributed by atoms with E-state index in [0.717, 1.165) is 5.71 Å². The van der Waals surface area contributed by atoms with Gasteiger partial charge in [0.15, 0.2) is 5.92 Å². The summed E-state index contributed by atoms with van der Waals surface area (Å²) in [4.78, 5) is 55.8. The van der Waals surface area contributed by atoms with Gasteiger partial charge in [-0.05, 0) is 34.6 Å². The largest absolute Gasteiger partial charge is 0.465 e. The Kier molecular flexibility index (Phi) is 12.1. The van der Waals surface area contributed by atoms with Gasteiger partial charge in [0.2, 0.25) is 0 Å². The van der Waals surface area contributed by atoms with Gasteiger partial charge >= 0.3 is 17.9 Å². The summed E-state index contributed by atoms with van der Waals surface area (Å²) in [5.74, 6) is -4.36. The molecule has 1 amide bonds. The van der Waals surface area contributed by atoms with Crippen molar-refractivity contribution in [2.24, 2.45) is 16.9 Å². The predicted octanol–water partition coefficient (Wildman–Crippen LogP) is 0.769. The summed E-state index contributed by atoms with van der Waals surface area (Å²) in [6, 6.07) is 0. The van der Waals surface area contributed by atoms with Gasteiger partial charge in [0, 0.05) is 18.6 Å². The van der Waals surface area contributed by atoms with Crippen molar-refractivity contribution in [3.8, 4) is 0 Å². The molecule has 0 saturated heterocycles. The SMILES string of the molecule is CCOC(=O)C(CC(C)=O)C(=O)OCC.CCOC(=O)C1CC(C)=NNC1=O. The fourth-order valence-corrected chi connectivity index (χ4v) is 2.13. The lowest BCUT2D eigenvalue weighted by Gasteiger charge is -2.17. The first-order valence-corrected chi connectivity index (χ1v) is 9.00. The number of esters is 3. The number of amides is 1. The van der Waals surface area contributed by atoms with Crippen LogP contribution in [-0.2, 0) is 38.2 Å². The standard InChI is InChI=1S/C10H16O5.C8H12N2O3/c1-4-14-9(12)8(6-7(3)11)10(13)15-5-2;1-3-13-8(12)6-4-5(2)9-10-7(6)11/h8H,4-6H2,1-3H3;6H,3-4H2,1-2H3,(H,10,11). The molecule has 10 nitrogen and oxygen atoms in total. The number of Topliss-reactive ketones (excluding diaryl/α,β-unsaturated/α-hetero) is 1. The van der Waals surface area contributed by atoms with Crippen molar-refractivity contribution in [3.63, 3.8) is 0 Å². The van der Waals surface area contributed by atoms with E-state index in [2.05, 4.69) is 20.0 Å². The van der Waals surface area contributed by atoms with Crippen LogP contribution in [0, 0.1) is 11.8 Å². The summed E-state index contributed by atoms with van der Waals surface area (Å²) in [7, 11) is 0. The molecule has 0 radical (unpaired) electrons. The van der Waals surface area contributed by atoms with E-state index in [4.69, 9.17) is 4.74 Å². The van der Waals surface area contributed by atoms with Gasteiger partial charge < -0.3 is 14.2 Å². The van der Waals surface area contributed by atoms with Crippen molar-refractivity contribution in [2.75, 3.05) is 19.8 Å². The molecule has 10 heteroatoms. The number of hydrogen-bond donors (Lipinski definition) is 1. The number of nitrogens with zero attached hydrogens (tertiary/aromatic N) is 1. The Bertz CT molecular complexity index is 597. The lowest BCUT2D eigenvalue weighted by atomic mass is 10.0. The molecular weight excluding hydrogens is 372 g/mol. The van der Waals surface area contributed by atoms with Crippen LogP contribution in [0.3, 0.4) is 0 Å². The van der Waals surface area contributed by atoms with Crippen LogP contribution in [0.1, 0.15) is 47.5 Å². The molecule has 28 heavy (non-hydrogen) atoms. The molecule has 0 aliphatic carbocycles. The predicted molar refractivity (Wildman–Crippen MR) is 98.0 cm³/mol. The summed E-state index contributed by atoms with van der Waals surface area (Å²) in [5.41, 5.74) is 3.00. The normalized spacial score (nSPS) is 15.4. The van der Waals surface area contributed by atoms with E-state index < -0.39 is 29.7 Å². The molecule has 0 bridgehead atoms. The van der Waals surface area contributed by atoms with Crippen molar-refractivity contribution < 1.29 is 38.2 Å². The number of hydrazone groups is 1. The summed E-state index contributed by atoms with van der Waals surface area (Å²) >= 11 is 0. The smallest absolute Gasteiger partial charge is 0.320 e. The summed E-state index contributed by atoms with van der Waals surface area (Å²) in [6.45, 7) is 8.68. The molecule has 1 atom stereocenters. The third-order valence-electron chi connectivity index (χ3n) is 3.38. The molecule has 0 aromatic rings. The average Bonchev–Trinajstić information content (AvgIpc) is 2.62. The highest BCUT2D eigenvalue weighted by atomic mass is 16.6. The monoisotopic (exact) mass is 400 g/mol. The maximum absolute atomic E-state index is 11.3. The maximum atomic E-state index is 11.3. The molecular formula is C18H28N2O8. The van der Waals surface area contributed by atoms with Crippen LogP contribution >= 0.6 is 0 Å². The minimum absolute atomic E-state index is 0.169. The molecule has 1 aliphatic rings. The van der Waals surface area contributed by atoms with Gasteiger partial charge in [0.1, 0.15) is 11.7 Å². The Morgan fingerprint density at radius 3 is 1.96 bits per heavy atom. The van der Waals surface area contributed by atoms with Crippen molar-refractivity contribution >= 4 is 35.3 Å². The number of ether oxygens (including phenoxy) is 3. The minimum Gasteiger partial charge on any atom is -0.465 e. The highest BCUT2D eigenvalue weighted by molar-refractivity contribution is 6.04. The van der Waals surface area contributed by atoms with Crippen LogP contribution in [0.5, 0.6) is 0 Å². The topological polar surface area (TPSA) is 137 Å². The Morgan fingerprint density at radius 2 is 1.54 bits per heavy atom. The number of nitrogens with one attached hydrogen (secondary N) is 1. The van der Waals surface area contributed by atoms with Gasteiger partial charge in [0.05, 0.1) is 19.8 Å². The van der Waals surface area contributed by atoms with Crippen molar-refractivity contribution in [1.82, 2.24) is 5.43 Å². The molecule has 0 spiro atoms. The highest BCUT2D eigenvalue weighted by Crippen LogP contribution is 2.11. The van der Waals surface area contributed by atoms with Crippen LogP contribution in [-0.4, -0.2) is 55.1 Å². The highest BCUT2D eigenvalue weighted by Gasteiger charge is 2.31. The summed E-state index contributed by atoms with van der Waals surface area (Å²) < 4.78 is 14.1. The van der Waals surface area contributed by atoms with Crippen molar-refractivity contribution in [3.05, 3.63) is 0 Å². The van der Waals surface area contributed by atoms with Crippen LogP contribution in [0.15, 0.2) is 5.10 Å². The second kappa shape index (κ2) is 13.4. The second-order valence-corrected chi connectivity index (χ2v) is 5.79. The van der Waals surface area contributed by atoms with Gasteiger partial charge in [-0.15, -0.1) is 0 Å². The quantitative estimate of drug-likeness (QED) is 0.358. The fourth-order valence-electron chi connectivity index (χ4n) is 2.13. The Balaban J connectivity index is 0.000000525. The molecule has 0 aromatic carbocycles. The third kappa shape index (κ3) is 9.24. The number of carbonyl (C=O) groups excluding carboxylic acids is 5. The molecule has 158 valence electrons. The molecule has 0 saturated carbocycles. The molecule has 1 unspecified atom stereocenters. The number of hydrogen-bond acceptors (Lipinski definition) is 9. The zero-order chi connectivity index (χ0) is 21.7. The van der Waals surface area contributed by atoms with E-state index in [-0.39, 0.29) is 31.3 Å². The molecule has 0 aromatic heterocycles. The van der Waals surface area contributed by atoms with E-state index >= 15 is 0 Å². The second-order valence-electron chi connectivity index (χ2n) is 5.79. The van der Waals surface area contributed by atoms with Gasteiger partial charge in [-0.1, -0.05) is 0 Å². The lowest BCUT2D eigenvalue weighted by Crippen LogP contribution is -2.39. The van der Waals surface area contributed by atoms with E-state index in [1.54, 1.807) is 27.7 Å². The van der Waals surface area contributed by atoms with E-state index in [1.807, 2.05) is 0 Å². The zero-order valence-corrected chi connectivity index (χ0v) is 16.9. The van der Waals surface area contributed by atoms with Gasteiger partial charge in [-0.2, -0.15) is 5.10 Å². The van der Waals surface area contributed by atoms with E-state index in [1.165, 1.54) is 6.92 Å². The van der Waals surface area contributed by atoms with Crippen LogP contribution in [0.2, 0.25) is 0 Å². The van der Waals surface area contributed by atoms with E-state index in [0.29, 0.717) is 13.0 Å². The lowest BCUT2D eigenvalue weighted by molar-refractivity contribution is -0.163. The molecule has 1 aliphatic heterocycles. The summed E-state index contributed by atoms with van der Waals surface area (Å²) in [6.07, 6.45) is 0.183. The van der Waals surface area contributed by atoms with Crippen LogP contribution in [0.4, 0.5) is 0 Å². The van der Waals surface area contributed by atoms with Crippen LogP contribution < -0.4 is 5.43 Å². The molecule has 1 rings (SSSR count). The Morgan fingerprint density at radius 1 is 1.04 bits per heavy atom. The summed E-state index contributed by atoms with van der Waals surface area (Å²) in [5, 5.41) is 3.71. The van der Waals surface area contributed by atoms with Crippen LogP contribution in [0.25, 0.3) is 0 Å². The van der Waals surface area contributed by atoms with Gasteiger partial charge in [-0.25, -0.2) is 5.43 Å². The molecule has 1 heterocycles. The van der Waals surface area contributed by atoms with Gasteiger partial charge in [-0.3, -0.25) is 24.0 Å². The number of rotatable bonds is 8. The first-order valence-electron chi connectivity index (χ1n) is 9.00. The number of carbonyl (C=O) groups is 5. The molecule has 1 N–H and O–H groups in total. The first-order chi connectivity index (χ1) is 13.2. The molecule has 0 fully saturated rings. The fraction of sp³-hybridized carbons (Fsp3) is 0.667. The number of ketones is 1. The Hall–Kier alpha value is -2.78. The third-order valence-corrected chi connectivity index (χ3v) is 3.38. The maximum Gasteiger partial charge on any atom is 0.320 e. The van der Waals surface area contributed by atoms with E-state index in [9.17, 15) is 24.0 Å². The average molecular weight is 400 g/mol. The minimum atomic E-state index is -1.12. The van der Waals surface area contributed by atoms with Crippen molar-refractivity contribution in [1.29, 1.82) is 0 Å².